The van der Waals surface area contributed by atoms with Crippen molar-refractivity contribution in [3.8, 4) is 5.75 Å². The van der Waals surface area contributed by atoms with Crippen LogP contribution in [0.4, 0.5) is 5.69 Å². The van der Waals surface area contributed by atoms with Gasteiger partial charge in [0.05, 0.1) is 5.69 Å². The molecule has 0 spiro atoms. The molecule has 0 fully saturated rings. The third kappa shape index (κ3) is 1.69. The third-order valence-corrected chi connectivity index (χ3v) is 1.96. The van der Waals surface area contributed by atoms with Gasteiger partial charge in [-0.2, -0.15) is 0 Å². The number of aryl methyl sites for hydroxylation is 1. The van der Waals surface area contributed by atoms with Crippen LogP contribution in [-0.2, 0) is 0 Å². The lowest BCUT2D eigenvalue weighted by Crippen LogP contribution is -2.09. The summed E-state index contributed by atoms with van der Waals surface area (Å²) in [5.74, 6) is -3.67. The predicted octanol–water partition coefficient (Wildman–Crippen LogP) is 0.679. The molecule has 1 aromatic rings. The van der Waals surface area contributed by atoms with E-state index in [4.69, 9.17) is 15.9 Å². The summed E-state index contributed by atoms with van der Waals surface area (Å²) in [5.41, 5.74) is 4.38. The molecule has 0 aromatic heterocycles. The minimum atomic E-state index is -1.47. The van der Waals surface area contributed by atoms with Gasteiger partial charge in [0.25, 0.3) is 0 Å². The number of aromatic carboxylic acids is 2. The van der Waals surface area contributed by atoms with E-state index in [9.17, 15) is 14.7 Å². The SMILES string of the molecule is Cc1cc(N)c(C(=O)O)c(O)c1C(=O)O. The molecule has 0 amide bonds. The van der Waals surface area contributed by atoms with Crippen LogP contribution in [-0.4, -0.2) is 27.3 Å². The van der Waals surface area contributed by atoms with Crippen LogP contribution in [0.25, 0.3) is 0 Å². The molecular formula is C9H9NO5. The van der Waals surface area contributed by atoms with E-state index < -0.39 is 28.8 Å². The number of carboxylic acid groups (broad SMARTS) is 2. The second-order valence-electron chi connectivity index (χ2n) is 2.99. The van der Waals surface area contributed by atoms with Crippen molar-refractivity contribution < 1.29 is 24.9 Å². The number of aromatic hydroxyl groups is 1. The number of anilines is 1. The molecule has 1 aromatic carbocycles. The van der Waals surface area contributed by atoms with Crippen molar-refractivity contribution in [2.75, 3.05) is 5.73 Å². The number of phenols is 1. The van der Waals surface area contributed by atoms with Crippen LogP contribution in [0.3, 0.4) is 0 Å². The quantitative estimate of drug-likeness (QED) is 0.534. The first kappa shape index (κ1) is 10.8. The van der Waals surface area contributed by atoms with Crippen LogP contribution in [0.5, 0.6) is 5.75 Å². The molecule has 0 radical (unpaired) electrons. The van der Waals surface area contributed by atoms with E-state index in [0.29, 0.717) is 0 Å². The molecule has 1 rings (SSSR count). The maximum Gasteiger partial charge on any atom is 0.341 e. The molecule has 0 aliphatic carbocycles. The van der Waals surface area contributed by atoms with Crippen molar-refractivity contribution >= 4 is 17.6 Å². The number of rotatable bonds is 2. The van der Waals surface area contributed by atoms with Gasteiger partial charge in [-0.15, -0.1) is 0 Å². The highest BCUT2D eigenvalue weighted by Gasteiger charge is 2.23. The lowest BCUT2D eigenvalue weighted by atomic mass is 10.0. The minimum absolute atomic E-state index is 0.164. The van der Waals surface area contributed by atoms with Gasteiger partial charge in [0.15, 0.2) is 0 Å². The fourth-order valence-electron chi connectivity index (χ4n) is 1.32. The van der Waals surface area contributed by atoms with Crippen LogP contribution < -0.4 is 5.73 Å². The first-order chi connectivity index (χ1) is 6.86. The third-order valence-electron chi connectivity index (χ3n) is 1.96. The average molecular weight is 211 g/mol. The summed E-state index contributed by atoms with van der Waals surface area (Å²) in [6.07, 6.45) is 0. The zero-order valence-electron chi connectivity index (χ0n) is 7.81. The van der Waals surface area contributed by atoms with E-state index in [1.807, 2.05) is 0 Å². The highest BCUT2D eigenvalue weighted by Crippen LogP contribution is 2.30. The molecule has 0 bridgehead atoms. The highest BCUT2D eigenvalue weighted by molar-refractivity contribution is 6.03. The molecule has 5 N–H and O–H groups in total. The molecule has 0 aliphatic heterocycles. The lowest BCUT2D eigenvalue weighted by molar-refractivity contribution is 0.0692. The Morgan fingerprint density at radius 3 is 2.07 bits per heavy atom. The van der Waals surface area contributed by atoms with Crippen LogP contribution in [0, 0.1) is 6.92 Å². The van der Waals surface area contributed by atoms with Gasteiger partial charge in [0.2, 0.25) is 0 Å². The summed E-state index contributed by atoms with van der Waals surface area (Å²) in [5, 5.41) is 26.9. The number of nitrogens with two attached hydrogens (primary N) is 1. The molecule has 0 saturated heterocycles. The smallest absolute Gasteiger partial charge is 0.341 e. The normalized spacial score (nSPS) is 9.93. The number of hydrogen-bond acceptors (Lipinski definition) is 4. The van der Waals surface area contributed by atoms with Gasteiger partial charge in [0, 0.05) is 0 Å². The molecule has 0 saturated carbocycles. The van der Waals surface area contributed by atoms with Crippen molar-refractivity contribution in [1.82, 2.24) is 0 Å². The summed E-state index contributed by atoms with van der Waals surface area (Å²) in [4.78, 5) is 21.4. The van der Waals surface area contributed by atoms with E-state index in [1.165, 1.54) is 13.0 Å². The van der Waals surface area contributed by atoms with Gasteiger partial charge in [0.1, 0.15) is 16.9 Å². The molecule has 0 heterocycles. The topological polar surface area (TPSA) is 121 Å². The van der Waals surface area contributed by atoms with Gasteiger partial charge in [-0.25, -0.2) is 9.59 Å². The van der Waals surface area contributed by atoms with Crippen molar-refractivity contribution in [2.45, 2.75) is 6.92 Å². The van der Waals surface area contributed by atoms with Crippen molar-refractivity contribution in [1.29, 1.82) is 0 Å². The Hall–Kier alpha value is -2.24. The number of benzene rings is 1. The van der Waals surface area contributed by atoms with Crippen LogP contribution in [0.15, 0.2) is 6.07 Å². The van der Waals surface area contributed by atoms with Gasteiger partial charge < -0.3 is 21.1 Å². The van der Waals surface area contributed by atoms with Gasteiger partial charge in [-0.05, 0) is 18.6 Å². The molecule has 0 unspecified atom stereocenters. The monoisotopic (exact) mass is 211 g/mol. The van der Waals surface area contributed by atoms with Crippen LogP contribution in [0.2, 0.25) is 0 Å². The number of carbonyl (C=O) groups is 2. The fourth-order valence-corrected chi connectivity index (χ4v) is 1.32. The zero-order valence-corrected chi connectivity index (χ0v) is 7.81. The zero-order chi connectivity index (χ0) is 11.7. The maximum absolute atomic E-state index is 10.7. The Labute approximate surface area is 84.6 Å². The Kier molecular flexibility index (Phi) is 2.52. The molecule has 6 nitrogen and oxygen atoms in total. The lowest BCUT2D eigenvalue weighted by Gasteiger charge is -2.09. The summed E-state index contributed by atoms with van der Waals surface area (Å²) >= 11 is 0. The second-order valence-corrected chi connectivity index (χ2v) is 2.99. The first-order valence-electron chi connectivity index (χ1n) is 3.95. The standard InChI is InChI=1S/C9H9NO5/c1-3-2-4(10)6(9(14)15)7(11)5(3)8(12)13/h2,11H,10H2,1H3,(H,12,13)(H,14,15). The summed E-state index contributed by atoms with van der Waals surface area (Å²) in [6, 6.07) is 1.20. The molecular weight excluding hydrogens is 202 g/mol. The fraction of sp³-hybridized carbons (Fsp3) is 0.111. The second kappa shape index (κ2) is 3.49. The molecule has 15 heavy (non-hydrogen) atoms. The highest BCUT2D eigenvalue weighted by atomic mass is 16.4. The Bertz CT molecular complexity index is 414. The molecule has 0 atom stereocenters. The largest absolute Gasteiger partial charge is 0.506 e. The predicted molar refractivity (Wildman–Crippen MR) is 51.2 cm³/mol. The van der Waals surface area contributed by atoms with Crippen LogP contribution in [0.1, 0.15) is 26.3 Å². The summed E-state index contributed by atoms with van der Waals surface area (Å²) in [7, 11) is 0. The van der Waals surface area contributed by atoms with Crippen molar-refractivity contribution in [3.63, 3.8) is 0 Å². The number of nitrogen functional groups attached to an aromatic ring is 1. The van der Waals surface area contributed by atoms with E-state index in [2.05, 4.69) is 0 Å². The van der Waals surface area contributed by atoms with Gasteiger partial charge in [-0.3, -0.25) is 0 Å². The molecule has 80 valence electrons. The Balaban J connectivity index is 3.64. The molecule has 0 aliphatic rings. The van der Waals surface area contributed by atoms with E-state index in [1.54, 1.807) is 0 Å². The number of hydrogen-bond donors (Lipinski definition) is 4. The van der Waals surface area contributed by atoms with Crippen molar-refractivity contribution in [3.05, 3.63) is 22.8 Å². The Morgan fingerprint density at radius 2 is 1.67 bits per heavy atom. The van der Waals surface area contributed by atoms with Gasteiger partial charge in [-0.1, -0.05) is 0 Å². The van der Waals surface area contributed by atoms with Gasteiger partial charge >= 0.3 is 11.9 Å². The minimum Gasteiger partial charge on any atom is -0.506 e. The Morgan fingerprint density at radius 1 is 1.20 bits per heavy atom. The van der Waals surface area contributed by atoms with Crippen LogP contribution >= 0.6 is 0 Å². The maximum atomic E-state index is 10.7. The average Bonchev–Trinajstić information content (AvgIpc) is 1.99. The molecule has 6 heteroatoms. The van der Waals surface area contributed by atoms with Crippen molar-refractivity contribution in [2.24, 2.45) is 0 Å². The van der Waals surface area contributed by atoms with E-state index in [0.717, 1.165) is 0 Å². The summed E-state index contributed by atoms with van der Waals surface area (Å²) < 4.78 is 0. The number of carboxylic acids is 2. The van der Waals surface area contributed by atoms with E-state index >= 15 is 0 Å². The first-order valence-corrected chi connectivity index (χ1v) is 3.95. The summed E-state index contributed by atoms with van der Waals surface area (Å²) in [6.45, 7) is 1.42. The van der Waals surface area contributed by atoms with E-state index in [-0.39, 0.29) is 11.3 Å².